The second-order valence-corrected chi connectivity index (χ2v) is 5.73. The van der Waals surface area contributed by atoms with Crippen LogP contribution in [0.2, 0.25) is 0 Å². The summed E-state index contributed by atoms with van der Waals surface area (Å²) >= 11 is 3.48. The lowest BCUT2D eigenvalue weighted by molar-refractivity contribution is 0.0786. The number of likely N-dealkylation sites (tertiary alicyclic amines) is 1. The predicted octanol–water partition coefficient (Wildman–Crippen LogP) is 2.44. The van der Waals surface area contributed by atoms with E-state index in [2.05, 4.69) is 21.2 Å². The first-order valence-corrected chi connectivity index (χ1v) is 7.11. The van der Waals surface area contributed by atoms with Crippen LogP contribution in [-0.2, 0) is 0 Å². The molecule has 0 saturated carbocycles. The highest BCUT2D eigenvalue weighted by atomic mass is 79.9. The molecule has 0 aromatic heterocycles. The molecule has 0 aliphatic carbocycles. The largest absolute Gasteiger partial charge is 0.338 e. The lowest BCUT2D eigenvalue weighted by Gasteiger charge is -2.18. The summed E-state index contributed by atoms with van der Waals surface area (Å²) in [6.45, 7) is 4.71. The number of hydrogen-bond donors (Lipinski definition) is 1. The lowest BCUT2D eigenvalue weighted by Crippen LogP contribution is -2.30. The van der Waals surface area contributed by atoms with Crippen LogP contribution in [0.25, 0.3) is 0 Å². The molecule has 1 atom stereocenters. The molecule has 1 amide bonds. The predicted molar refractivity (Wildman–Crippen MR) is 76.8 cm³/mol. The van der Waals surface area contributed by atoms with E-state index >= 15 is 0 Å². The average Bonchev–Trinajstić information content (AvgIpc) is 2.81. The fraction of sp³-hybridized carbons (Fsp3) is 0.500. The van der Waals surface area contributed by atoms with Crippen molar-refractivity contribution >= 4 is 21.8 Å². The molecule has 1 unspecified atom stereocenters. The number of halogens is 1. The second-order valence-electron chi connectivity index (χ2n) is 4.88. The van der Waals surface area contributed by atoms with Crippen LogP contribution < -0.4 is 5.32 Å². The minimum Gasteiger partial charge on any atom is -0.338 e. The van der Waals surface area contributed by atoms with Gasteiger partial charge in [0.05, 0.1) is 0 Å². The molecule has 1 aliphatic heterocycles. The van der Waals surface area contributed by atoms with Crippen LogP contribution in [-0.4, -0.2) is 37.5 Å². The van der Waals surface area contributed by atoms with Crippen molar-refractivity contribution in [1.29, 1.82) is 0 Å². The van der Waals surface area contributed by atoms with Crippen molar-refractivity contribution in [1.82, 2.24) is 10.2 Å². The molecule has 1 saturated heterocycles. The minimum absolute atomic E-state index is 0.160. The van der Waals surface area contributed by atoms with Crippen LogP contribution in [0.15, 0.2) is 22.7 Å². The van der Waals surface area contributed by atoms with Crippen LogP contribution in [0.1, 0.15) is 22.3 Å². The molecule has 1 aliphatic rings. The molecule has 1 N–H and O–H groups in total. The Hall–Kier alpha value is -0.870. The first kappa shape index (κ1) is 13.6. The van der Waals surface area contributed by atoms with Crippen LogP contribution in [0.3, 0.4) is 0 Å². The number of rotatable bonds is 3. The maximum atomic E-state index is 12.5. The monoisotopic (exact) mass is 310 g/mol. The van der Waals surface area contributed by atoms with E-state index in [0.717, 1.165) is 41.7 Å². The summed E-state index contributed by atoms with van der Waals surface area (Å²) in [5, 5.41) is 3.18. The number of benzene rings is 1. The van der Waals surface area contributed by atoms with E-state index in [0.29, 0.717) is 5.92 Å². The fourth-order valence-electron chi connectivity index (χ4n) is 2.48. The molecule has 1 aromatic carbocycles. The summed E-state index contributed by atoms with van der Waals surface area (Å²) in [5.41, 5.74) is 1.84. The molecule has 4 heteroatoms. The van der Waals surface area contributed by atoms with E-state index in [4.69, 9.17) is 0 Å². The Morgan fingerprint density at radius 2 is 2.33 bits per heavy atom. The molecule has 2 rings (SSSR count). The molecule has 1 heterocycles. The van der Waals surface area contributed by atoms with Crippen molar-refractivity contribution in [2.75, 3.05) is 26.7 Å². The number of carbonyl (C=O) groups is 1. The summed E-state index contributed by atoms with van der Waals surface area (Å²) in [6.07, 6.45) is 1.10. The van der Waals surface area contributed by atoms with Crippen molar-refractivity contribution in [2.24, 2.45) is 5.92 Å². The minimum atomic E-state index is 0.160. The Bertz CT molecular complexity index is 447. The maximum absolute atomic E-state index is 12.5. The lowest BCUT2D eigenvalue weighted by atomic mass is 10.1. The van der Waals surface area contributed by atoms with E-state index in [1.807, 2.05) is 37.1 Å². The Morgan fingerprint density at radius 1 is 1.56 bits per heavy atom. The molecule has 0 radical (unpaired) electrons. The highest BCUT2D eigenvalue weighted by Gasteiger charge is 2.27. The Morgan fingerprint density at radius 3 is 3.06 bits per heavy atom. The highest BCUT2D eigenvalue weighted by molar-refractivity contribution is 9.10. The van der Waals surface area contributed by atoms with E-state index in [9.17, 15) is 4.79 Å². The van der Waals surface area contributed by atoms with Crippen molar-refractivity contribution in [3.05, 3.63) is 33.8 Å². The van der Waals surface area contributed by atoms with Gasteiger partial charge in [-0.25, -0.2) is 0 Å². The summed E-state index contributed by atoms with van der Waals surface area (Å²) in [5.74, 6) is 0.749. The van der Waals surface area contributed by atoms with Gasteiger partial charge >= 0.3 is 0 Å². The molecule has 3 nitrogen and oxygen atoms in total. The van der Waals surface area contributed by atoms with Gasteiger partial charge < -0.3 is 10.2 Å². The first-order valence-electron chi connectivity index (χ1n) is 6.32. The topological polar surface area (TPSA) is 32.3 Å². The molecule has 1 fully saturated rings. The van der Waals surface area contributed by atoms with Gasteiger partial charge in [-0.2, -0.15) is 0 Å². The molecule has 0 spiro atoms. The number of amides is 1. The van der Waals surface area contributed by atoms with E-state index in [-0.39, 0.29) is 5.91 Å². The Labute approximate surface area is 117 Å². The molecule has 98 valence electrons. The van der Waals surface area contributed by atoms with Gasteiger partial charge in [0.25, 0.3) is 5.91 Å². The van der Waals surface area contributed by atoms with Gasteiger partial charge in [0, 0.05) is 23.1 Å². The van der Waals surface area contributed by atoms with Crippen molar-refractivity contribution in [3.63, 3.8) is 0 Å². The quantitative estimate of drug-likeness (QED) is 0.930. The number of nitrogens with zero attached hydrogens (tertiary/aromatic N) is 1. The van der Waals surface area contributed by atoms with Gasteiger partial charge in [-0.3, -0.25) is 4.79 Å². The van der Waals surface area contributed by atoms with Gasteiger partial charge in [0.1, 0.15) is 0 Å². The van der Waals surface area contributed by atoms with Gasteiger partial charge in [-0.05, 0) is 50.6 Å². The second kappa shape index (κ2) is 5.85. The van der Waals surface area contributed by atoms with Gasteiger partial charge in [-0.15, -0.1) is 0 Å². The molecular weight excluding hydrogens is 292 g/mol. The standard InChI is InChI=1S/C14H19BrN2O/c1-10-12(4-3-5-13(10)15)14(18)17-7-6-11(9-17)8-16-2/h3-5,11,16H,6-9H2,1-2H3. The zero-order valence-electron chi connectivity index (χ0n) is 10.9. The van der Waals surface area contributed by atoms with E-state index in [1.54, 1.807) is 0 Å². The van der Waals surface area contributed by atoms with Crippen LogP contribution in [0.5, 0.6) is 0 Å². The zero-order chi connectivity index (χ0) is 13.1. The number of hydrogen-bond acceptors (Lipinski definition) is 2. The average molecular weight is 311 g/mol. The van der Waals surface area contributed by atoms with Crippen LogP contribution >= 0.6 is 15.9 Å². The van der Waals surface area contributed by atoms with Crippen molar-refractivity contribution < 1.29 is 4.79 Å². The third-order valence-electron chi connectivity index (χ3n) is 3.56. The third-order valence-corrected chi connectivity index (χ3v) is 4.42. The SMILES string of the molecule is CNCC1CCN(C(=O)c2cccc(Br)c2C)C1. The number of carbonyl (C=O) groups excluding carboxylic acids is 1. The summed E-state index contributed by atoms with van der Waals surface area (Å²) in [7, 11) is 1.96. The smallest absolute Gasteiger partial charge is 0.254 e. The summed E-state index contributed by atoms with van der Waals surface area (Å²) in [4.78, 5) is 14.4. The van der Waals surface area contributed by atoms with E-state index < -0.39 is 0 Å². The van der Waals surface area contributed by atoms with E-state index in [1.165, 1.54) is 0 Å². The molecule has 18 heavy (non-hydrogen) atoms. The molecule has 0 bridgehead atoms. The third kappa shape index (κ3) is 2.75. The van der Waals surface area contributed by atoms with Crippen molar-refractivity contribution in [2.45, 2.75) is 13.3 Å². The summed E-state index contributed by atoms with van der Waals surface area (Å²) < 4.78 is 0.999. The highest BCUT2D eigenvalue weighted by Crippen LogP contribution is 2.23. The molecule has 1 aromatic rings. The summed E-state index contributed by atoms with van der Waals surface area (Å²) in [6, 6.07) is 5.80. The van der Waals surface area contributed by atoms with Gasteiger partial charge in [-0.1, -0.05) is 22.0 Å². The zero-order valence-corrected chi connectivity index (χ0v) is 12.5. The normalized spacial score (nSPS) is 19.3. The van der Waals surface area contributed by atoms with Gasteiger partial charge in [0.2, 0.25) is 0 Å². The molecular formula is C14H19BrN2O. The Balaban J connectivity index is 2.11. The number of nitrogens with one attached hydrogen (secondary N) is 1. The van der Waals surface area contributed by atoms with Crippen LogP contribution in [0, 0.1) is 12.8 Å². The van der Waals surface area contributed by atoms with Crippen molar-refractivity contribution in [3.8, 4) is 0 Å². The fourth-order valence-corrected chi connectivity index (χ4v) is 2.85. The first-order chi connectivity index (χ1) is 8.63. The Kier molecular flexibility index (Phi) is 4.40. The van der Waals surface area contributed by atoms with Gasteiger partial charge in [0.15, 0.2) is 0 Å². The van der Waals surface area contributed by atoms with Crippen LogP contribution in [0.4, 0.5) is 0 Å². The maximum Gasteiger partial charge on any atom is 0.254 e.